The van der Waals surface area contributed by atoms with Crippen LogP contribution in [-0.4, -0.2) is 9.97 Å². The molecule has 0 amide bonds. The minimum absolute atomic E-state index is 0.267. The van der Waals surface area contributed by atoms with E-state index in [1.807, 2.05) is 24.3 Å². The average molecular weight is 343 g/mol. The number of anilines is 2. The number of nitrogens with zero attached hydrogens (tertiary/aromatic N) is 1. The van der Waals surface area contributed by atoms with Gasteiger partial charge in [-0.15, -0.1) is 0 Å². The zero-order valence-corrected chi connectivity index (χ0v) is 12.3. The highest BCUT2D eigenvalue weighted by Crippen LogP contribution is 2.28. The van der Waals surface area contributed by atoms with Crippen LogP contribution in [0.2, 0.25) is 5.02 Å². The van der Waals surface area contributed by atoms with Crippen molar-refractivity contribution in [2.45, 2.75) is 0 Å². The van der Waals surface area contributed by atoms with Crippen LogP contribution in [0.5, 0.6) is 0 Å². The van der Waals surface area contributed by atoms with Crippen molar-refractivity contribution < 1.29 is 0 Å². The van der Waals surface area contributed by atoms with Crippen LogP contribution < -0.4 is 11.1 Å². The van der Waals surface area contributed by atoms with E-state index in [1.165, 1.54) is 0 Å². The zero-order valence-electron chi connectivity index (χ0n) is 9.15. The number of benzene rings is 1. The number of hydrogen-bond acceptors (Lipinski definition) is 3. The fraction of sp³-hybridized carbons (Fsp3) is 0. The van der Waals surface area contributed by atoms with Crippen LogP contribution in [0.4, 0.5) is 11.4 Å². The molecule has 0 bridgehead atoms. The molecule has 1 aromatic heterocycles. The topological polar surface area (TPSA) is 50.9 Å². The van der Waals surface area contributed by atoms with Crippen molar-refractivity contribution in [1.29, 1.82) is 0 Å². The zero-order chi connectivity index (χ0) is 13.1. The maximum atomic E-state index is 5.95. The maximum absolute atomic E-state index is 5.95. The summed E-state index contributed by atoms with van der Waals surface area (Å²) < 4.78 is 0.917. The summed E-state index contributed by atoms with van der Waals surface area (Å²) in [7, 11) is 0. The van der Waals surface area contributed by atoms with E-state index in [0.717, 1.165) is 15.8 Å². The Morgan fingerprint density at radius 2 is 2.11 bits per heavy atom. The molecule has 3 N–H and O–H groups in total. The Morgan fingerprint density at radius 1 is 1.33 bits per heavy atom. The number of rotatable bonds is 3. The molecular formula is C12H9BrClN3S. The van der Waals surface area contributed by atoms with Gasteiger partial charge in [0.25, 0.3) is 0 Å². The van der Waals surface area contributed by atoms with Gasteiger partial charge in [0.1, 0.15) is 4.99 Å². The van der Waals surface area contributed by atoms with Crippen LogP contribution in [0, 0.1) is 0 Å². The molecule has 2 rings (SSSR count). The van der Waals surface area contributed by atoms with Gasteiger partial charge in [-0.25, -0.2) is 0 Å². The summed E-state index contributed by atoms with van der Waals surface area (Å²) in [5, 5.41) is 3.88. The van der Waals surface area contributed by atoms with Gasteiger partial charge in [0, 0.05) is 21.4 Å². The van der Waals surface area contributed by atoms with Crippen LogP contribution in [0.25, 0.3) is 0 Å². The molecule has 0 aliphatic rings. The predicted octanol–water partition coefficient (Wildman–Crippen LogP) is 3.88. The van der Waals surface area contributed by atoms with Gasteiger partial charge in [-0.1, -0.05) is 23.8 Å². The summed E-state index contributed by atoms with van der Waals surface area (Å²) >= 11 is 14.3. The number of hydrogen-bond donors (Lipinski definition) is 2. The first-order valence-corrected chi connectivity index (χ1v) is 6.62. The van der Waals surface area contributed by atoms with E-state index in [-0.39, 0.29) is 4.99 Å². The molecule has 0 aliphatic carbocycles. The Balaban J connectivity index is 2.31. The van der Waals surface area contributed by atoms with Gasteiger partial charge in [-0.3, -0.25) is 4.98 Å². The van der Waals surface area contributed by atoms with Crippen molar-refractivity contribution in [3.8, 4) is 0 Å². The summed E-state index contributed by atoms with van der Waals surface area (Å²) in [6.07, 6.45) is 1.65. The molecule has 0 aliphatic heterocycles. The summed E-state index contributed by atoms with van der Waals surface area (Å²) in [4.78, 5) is 4.34. The SMILES string of the molecule is NC(=S)c1cc(Nc2cc(Cl)ccc2Br)ccn1. The van der Waals surface area contributed by atoms with Gasteiger partial charge >= 0.3 is 0 Å². The van der Waals surface area contributed by atoms with Crippen molar-refractivity contribution in [2.75, 3.05) is 5.32 Å². The third-order valence-corrected chi connectivity index (χ3v) is 3.36. The first-order valence-electron chi connectivity index (χ1n) is 5.04. The van der Waals surface area contributed by atoms with E-state index in [1.54, 1.807) is 12.3 Å². The fourth-order valence-corrected chi connectivity index (χ4v) is 2.02. The molecule has 3 nitrogen and oxygen atoms in total. The van der Waals surface area contributed by atoms with E-state index in [0.29, 0.717) is 10.7 Å². The quantitative estimate of drug-likeness (QED) is 0.831. The molecule has 0 fully saturated rings. The highest BCUT2D eigenvalue weighted by molar-refractivity contribution is 9.10. The number of thiocarbonyl (C=S) groups is 1. The minimum Gasteiger partial charge on any atom is -0.388 e. The second-order valence-corrected chi connectivity index (χ2v) is 5.27. The lowest BCUT2D eigenvalue weighted by Gasteiger charge is -2.09. The van der Waals surface area contributed by atoms with Crippen molar-refractivity contribution >= 4 is 56.1 Å². The van der Waals surface area contributed by atoms with Crippen molar-refractivity contribution in [2.24, 2.45) is 5.73 Å². The minimum atomic E-state index is 0.267. The van der Waals surface area contributed by atoms with E-state index in [2.05, 4.69) is 26.2 Å². The monoisotopic (exact) mass is 341 g/mol. The molecule has 18 heavy (non-hydrogen) atoms. The predicted molar refractivity (Wildman–Crippen MR) is 82.6 cm³/mol. The van der Waals surface area contributed by atoms with Crippen molar-refractivity contribution in [3.05, 3.63) is 51.7 Å². The lowest BCUT2D eigenvalue weighted by atomic mass is 10.2. The van der Waals surface area contributed by atoms with Gasteiger partial charge in [0.15, 0.2) is 0 Å². The molecule has 1 heterocycles. The van der Waals surface area contributed by atoms with Crippen LogP contribution in [0.3, 0.4) is 0 Å². The Kier molecular flexibility index (Phi) is 4.16. The number of halogens is 2. The largest absolute Gasteiger partial charge is 0.388 e. The van der Waals surface area contributed by atoms with Gasteiger partial charge in [-0.2, -0.15) is 0 Å². The molecule has 0 saturated carbocycles. The van der Waals surface area contributed by atoms with E-state index in [9.17, 15) is 0 Å². The van der Waals surface area contributed by atoms with Crippen LogP contribution in [0.1, 0.15) is 5.69 Å². The van der Waals surface area contributed by atoms with Gasteiger partial charge in [0.2, 0.25) is 0 Å². The van der Waals surface area contributed by atoms with E-state index < -0.39 is 0 Å². The van der Waals surface area contributed by atoms with Crippen LogP contribution in [0.15, 0.2) is 41.0 Å². The van der Waals surface area contributed by atoms with Crippen LogP contribution >= 0.6 is 39.7 Å². The molecule has 0 atom stereocenters. The van der Waals surface area contributed by atoms with Crippen molar-refractivity contribution in [3.63, 3.8) is 0 Å². The summed E-state index contributed by atoms with van der Waals surface area (Å²) in [5.41, 5.74) is 7.82. The third kappa shape index (κ3) is 3.19. The Bertz CT molecular complexity index is 604. The van der Waals surface area contributed by atoms with Gasteiger partial charge in [-0.05, 0) is 46.3 Å². The molecule has 0 saturated heterocycles. The van der Waals surface area contributed by atoms with E-state index in [4.69, 9.17) is 29.6 Å². The van der Waals surface area contributed by atoms with Gasteiger partial charge in [0.05, 0.1) is 11.4 Å². The summed E-state index contributed by atoms with van der Waals surface area (Å²) in [6.45, 7) is 0. The molecule has 2 aromatic rings. The maximum Gasteiger partial charge on any atom is 0.122 e. The smallest absolute Gasteiger partial charge is 0.122 e. The van der Waals surface area contributed by atoms with Crippen LogP contribution in [-0.2, 0) is 0 Å². The van der Waals surface area contributed by atoms with E-state index >= 15 is 0 Å². The molecule has 92 valence electrons. The summed E-state index contributed by atoms with van der Waals surface area (Å²) in [5.74, 6) is 0. The lowest BCUT2D eigenvalue weighted by Crippen LogP contribution is -2.11. The highest BCUT2D eigenvalue weighted by Gasteiger charge is 2.04. The first-order chi connectivity index (χ1) is 8.56. The normalized spacial score (nSPS) is 10.1. The molecule has 0 radical (unpaired) electrons. The standard InChI is InChI=1S/C12H9BrClN3S/c13-9-2-1-7(14)5-10(9)17-8-3-4-16-11(6-8)12(15)18/h1-6H,(H2,15,18)(H,16,17). The summed E-state index contributed by atoms with van der Waals surface area (Å²) in [6, 6.07) is 9.13. The first kappa shape index (κ1) is 13.3. The number of nitrogens with two attached hydrogens (primary N) is 1. The van der Waals surface area contributed by atoms with Crippen molar-refractivity contribution in [1.82, 2.24) is 4.98 Å². The average Bonchev–Trinajstić information content (AvgIpc) is 2.34. The Labute approximate surface area is 123 Å². The fourth-order valence-electron chi connectivity index (χ4n) is 1.39. The number of nitrogens with one attached hydrogen (secondary N) is 1. The molecule has 6 heteroatoms. The molecule has 1 aromatic carbocycles. The third-order valence-electron chi connectivity index (χ3n) is 2.22. The number of aromatic nitrogens is 1. The Morgan fingerprint density at radius 3 is 2.83 bits per heavy atom. The van der Waals surface area contributed by atoms with Gasteiger partial charge < -0.3 is 11.1 Å². The molecule has 0 spiro atoms. The second kappa shape index (κ2) is 5.65. The highest BCUT2D eigenvalue weighted by atomic mass is 79.9. The Hall–Kier alpha value is -1.17. The molecular weight excluding hydrogens is 334 g/mol. The number of pyridine rings is 1. The molecule has 0 unspecified atom stereocenters. The lowest BCUT2D eigenvalue weighted by molar-refractivity contribution is 1.29. The second-order valence-electron chi connectivity index (χ2n) is 3.54.